The third-order valence-corrected chi connectivity index (χ3v) is 2.44. The van der Waals surface area contributed by atoms with Crippen molar-refractivity contribution < 1.29 is 4.79 Å². The van der Waals surface area contributed by atoms with Crippen LogP contribution in [0.5, 0.6) is 0 Å². The molecule has 0 aliphatic rings. The Kier molecular flexibility index (Phi) is 3.27. The standard InChI is InChI=1S/C12H14N4O/c1-3-6-16-11(8-14-15-16)12(17)10-4-5-13-9(2)7-10/h4-5,7-8H,3,6H2,1-2H3. The maximum atomic E-state index is 12.2. The van der Waals surface area contributed by atoms with Gasteiger partial charge in [0, 0.05) is 24.0 Å². The molecule has 2 rings (SSSR count). The molecule has 17 heavy (non-hydrogen) atoms. The Morgan fingerprint density at radius 3 is 3.00 bits per heavy atom. The zero-order chi connectivity index (χ0) is 12.3. The van der Waals surface area contributed by atoms with E-state index in [-0.39, 0.29) is 5.78 Å². The van der Waals surface area contributed by atoms with Gasteiger partial charge in [-0.05, 0) is 25.5 Å². The Bertz CT molecular complexity index is 533. The molecule has 0 radical (unpaired) electrons. The van der Waals surface area contributed by atoms with Gasteiger partial charge in [-0.15, -0.1) is 5.10 Å². The number of ketones is 1. The zero-order valence-electron chi connectivity index (χ0n) is 9.92. The quantitative estimate of drug-likeness (QED) is 0.749. The van der Waals surface area contributed by atoms with Crippen LogP contribution in [-0.2, 0) is 6.54 Å². The smallest absolute Gasteiger partial charge is 0.212 e. The second kappa shape index (κ2) is 4.86. The van der Waals surface area contributed by atoms with Gasteiger partial charge >= 0.3 is 0 Å². The average molecular weight is 230 g/mol. The van der Waals surface area contributed by atoms with Crippen molar-refractivity contribution in [1.29, 1.82) is 0 Å². The Balaban J connectivity index is 2.33. The lowest BCUT2D eigenvalue weighted by atomic mass is 10.1. The minimum absolute atomic E-state index is 0.0612. The molecule has 0 amide bonds. The second-order valence-corrected chi connectivity index (χ2v) is 3.86. The molecule has 0 aromatic carbocycles. The fraction of sp³-hybridized carbons (Fsp3) is 0.333. The van der Waals surface area contributed by atoms with E-state index in [0.29, 0.717) is 17.8 Å². The average Bonchev–Trinajstić information content (AvgIpc) is 2.77. The van der Waals surface area contributed by atoms with E-state index < -0.39 is 0 Å². The van der Waals surface area contributed by atoms with Gasteiger partial charge in [0.2, 0.25) is 5.78 Å². The van der Waals surface area contributed by atoms with Crippen molar-refractivity contribution in [2.24, 2.45) is 0 Å². The van der Waals surface area contributed by atoms with E-state index >= 15 is 0 Å². The zero-order valence-corrected chi connectivity index (χ0v) is 9.92. The molecular weight excluding hydrogens is 216 g/mol. The lowest BCUT2D eigenvalue weighted by Crippen LogP contribution is -2.11. The Morgan fingerprint density at radius 1 is 1.47 bits per heavy atom. The summed E-state index contributed by atoms with van der Waals surface area (Å²) in [6.07, 6.45) is 4.06. The third-order valence-electron chi connectivity index (χ3n) is 2.44. The van der Waals surface area contributed by atoms with E-state index in [9.17, 15) is 4.79 Å². The SMILES string of the molecule is CCCn1nncc1C(=O)c1ccnc(C)c1. The van der Waals surface area contributed by atoms with Gasteiger partial charge < -0.3 is 0 Å². The fourth-order valence-corrected chi connectivity index (χ4v) is 1.65. The van der Waals surface area contributed by atoms with Gasteiger partial charge in [-0.25, -0.2) is 4.68 Å². The first-order valence-corrected chi connectivity index (χ1v) is 5.58. The van der Waals surface area contributed by atoms with Crippen molar-refractivity contribution >= 4 is 5.78 Å². The van der Waals surface area contributed by atoms with Crippen LogP contribution in [0.4, 0.5) is 0 Å². The number of carbonyl (C=O) groups excluding carboxylic acids is 1. The van der Waals surface area contributed by atoms with Crippen LogP contribution in [0, 0.1) is 6.92 Å². The summed E-state index contributed by atoms with van der Waals surface area (Å²) in [5, 5.41) is 7.69. The molecule has 5 nitrogen and oxygen atoms in total. The summed E-state index contributed by atoms with van der Waals surface area (Å²) < 4.78 is 1.64. The van der Waals surface area contributed by atoms with E-state index in [1.165, 1.54) is 6.20 Å². The predicted molar refractivity (Wildman–Crippen MR) is 62.7 cm³/mol. The van der Waals surface area contributed by atoms with Crippen molar-refractivity contribution in [3.05, 3.63) is 41.5 Å². The van der Waals surface area contributed by atoms with Gasteiger partial charge in [-0.2, -0.15) is 0 Å². The van der Waals surface area contributed by atoms with Gasteiger partial charge in [-0.1, -0.05) is 12.1 Å². The first-order chi connectivity index (χ1) is 8.22. The lowest BCUT2D eigenvalue weighted by Gasteiger charge is -2.04. The third kappa shape index (κ3) is 2.38. The van der Waals surface area contributed by atoms with Crippen LogP contribution in [0.3, 0.4) is 0 Å². The molecule has 0 aliphatic heterocycles. The predicted octanol–water partition coefficient (Wildman–Crippen LogP) is 1.62. The molecule has 0 N–H and O–H groups in total. The number of nitrogens with zero attached hydrogens (tertiary/aromatic N) is 4. The number of aromatic nitrogens is 4. The van der Waals surface area contributed by atoms with Crippen molar-refractivity contribution in [3.8, 4) is 0 Å². The molecule has 0 fully saturated rings. The topological polar surface area (TPSA) is 60.7 Å². The van der Waals surface area contributed by atoms with Crippen molar-refractivity contribution in [2.75, 3.05) is 0 Å². The summed E-state index contributed by atoms with van der Waals surface area (Å²) in [5.41, 5.74) is 1.97. The highest BCUT2D eigenvalue weighted by Crippen LogP contribution is 2.09. The molecular formula is C12H14N4O. The number of carbonyl (C=O) groups is 1. The van der Waals surface area contributed by atoms with E-state index in [2.05, 4.69) is 15.3 Å². The summed E-state index contributed by atoms with van der Waals surface area (Å²) in [6, 6.07) is 3.48. The van der Waals surface area contributed by atoms with E-state index in [4.69, 9.17) is 0 Å². The fourth-order valence-electron chi connectivity index (χ4n) is 1.65. The monoisotopic (exact) mass is 230 g/mol. The van der Waals surface area contributed by atoms with Crippen molar-refractivity contribution in [3.63, 3.8) is 0 Å². The summed E-state index contributed by atoms with van der Waals surface area (Å²) in [4.78, 5) is 16.3. The molecule has 5 heteroatoms. The summed E-state index contributed by atoms with van der Waals surface area (Å²) in [7, 11) is 0. The number of pyridine rings is 1. The van der Waals surface area contributed by atoms with Crippen molar-refractivity contribution in [2.45, 2.75) is 26.8 Å². The molecule has 88 valence electrons. The highest BCUT2D eigenvalue weighted by Gasteiger charge is 2.15. The summed E-state index contributed by atoms with van der Waals surface area (Å²) in [6.45, 7) is 4.59. The van der Waals surface area contributed by atoms with E-state index in [1.807, 2.05) is 13.8 Å². The van der Waals surface area contributed by atoms with Crippen LogP contribution in [0.15, 0.2) is 24.5 Å². The summed E-state index contributed by atoms with van der Waals surface area (Å²) >= 11 is 0. The number of rotatable bonds is 4. The van der Waals surface area contributed by atoms with Gasteiger partial charge in [0.05, 0.1) is 6.20 Å². The Labute approximate surface area is 99.5 Å². The van der Waals surface area contributed by atoms with Crippen molar-refractivity contribution in [1.82, 2.24) is 20.0 Å². The second-order valence-electron chi connectivity index (χ2n) is 3.86. The van der Waals surface area contributed by atoms with Crippen LogP contribution in [0.25, 0.3) is 0 Å². The van der Waals surface area contributed by atoms with Gasteiger partial charge in [0.1, 0.15) is 5.69 Å². The maximum absolute atomic E-state index is 12.2. The number of hydrogen-bond acceptors (Lipinski definition) is 4. The van der Waals surface area contributed by atoms with Crippen LogP contribution < -0.4 is 0 Å². The molecule has 0 unspecified atom stereocenters. The van der Waals surface area contributed by atoms with E-state index in [0.717, 1.165) is 12.1 Å². The molecule has 2 aromatic rings. The largest absolute Gasteiger partial charge is 0.287 e. The molecule has 0 saturated carbocycles. The number of hydrogen-bond donors (Lipinski definition) is 0. The number of aryl methyl sites for hydroxylation is 2. The normalized spacial score (nSPS) is 10.5. The molecule has 0 aliphatic carbocycles. The highest BCUT2D eigenvalue weighted by atomic mass is 16.1. The molecule has 2 heterocycles. The van der Waals surface area contributed by atoms with Crippen LogP contribution in [0.1, 0.15) is 35.1 Å². The first-order valence-electron chi connectivity index (χ1n) is 5.58. The molecule has 0 spiro atoms. The molecule has 0 saturated heterocycles. The summed E-state index contributed by atoms with van der Waals surface area (Å²) in [5.74, 6) is -0.0612. The van der Waals surface area contributed by atoms with Crippen LogP contribution in [-0.4, -0.2) is 25.8 Å². The van der Waals surface area contributed by atoms with Gasteiger partial charge in [-0.3, -0.25) is 9.78 Å². The van der Waals surface area contributed by atoms with Gasteiger partial charge in [0.25, 0.3) is 0 Å². The molecule has 0 atom stereocenters. The van der Waals surface area contributed by atoms with E-state index in [1.54, 1.807) is 23.0 Å². The van der Waals surface area contributed by atoms with Gasteiger partial charge in [0.15, 0.2) is 0 Å². The molecule has 0 bridgehead atoms. The highest BCUT2D eigenvalue weighted by molar-refractivity contribution is 6.07. The van der Waals surface area contributed by atoms with Crippen LogP contribution in [0.2, 0.25) is 0 Å². The Hall–Kier alpha value is -2.04. The Morgan fingerprint density at radius 2 is 2.29 bits per heavy atom. The first kappa shape index (κ1) is 11.4. The lowest BCUT2D eigenvalue weighted by molar-refractivity contribution is 0.102. The van der Waals surface area contributed by atoms with Crippen LogP contribution >= 0.6 is 0 Å². The minimum Gasteiger partial charge on any atom is -0.287 e. The molecule has 2 aromatic heterocycles. The maximum Gasteiger partial charge on any atom is 0.212 e. The minimum atomic E-state index is -0.0612.